The van der Waals surface area contributed by atoms with Crippen LogP contribution in [0.25, 0.3) is 11.5 Å². The van der Waals surface area contributed by atoms with E-state index in [9.17, 15) is 8.78 Å². The molecule has 0 fully saturated rings. The van der Waals surface area contributed by atoms with E-state index in [4.69, 9.17) is 15.0 Å². The van der Waals surface area contributed by atoms with Gasteiger partial charge in [0.1, 0.15) is 6.10 Å². The maximum Gasteiger partial charge on any atom is 0.260 e. The molecule has 1 unspecified atom stereocenters. The Morgan fingerprint density at radius 2 is 1.86 bits per heavy atom. The Morgan fingerprint density at radius 3 is 2.43 bits per heavy atom. The molecule has 0 aliphatic rings. The summed E-state index contributed by atoms with van der Waals surface area (Å²) in [7, 11) is 1.54. The molecule has 0 bridgehead atoms. The van der Waals surface area contributed by atoms with Gasteiger partial charge in [-0.15, -0.1) is 0 Å². The fourth-order valence-corrected chi connectivity index (χ4v) is 2.04. The number of halogens is 2. The lowest BCUT2D eigenvalue weighted by atomic mass is 9.88. The van der Waals surface area contributed by atoms with Crippen molar-refractivity contribution in [1.82, 2.24) is 10.1 Å². The number of rotatable bonds is 3. The first-order chi connectivity index (χ1) is 9.74. The zero-order valence-electron chi connectivity index (χ0n) is 12.3. The lowest BCUT2D eigenvalue weighted by Gasteiger charge is -2.26. The number of hydrogen-bond acceptors (Lipinski definition) is 5. The average molecular weight is 297 g/mol. The third kappa shape index (κ3) is 3.02. The van der Waals surface area contributed by atoms with Gasteiger partial charge in [0.25, 0.3) is 5.89 Å². The SMILES string of the molecule is COC(c1noc(-c2cc(F)c(F)cc2N)n1)C(C)(C)C. The zero-order chi connectivity index (χ0) is 15.8. The molecule has 1 heterocycles. The van der Waals surface area contributed by atoms with Crippen molar-refractivity contribution in [2.24, 2.45) is 5.41 Å². The van der Waals surface area contributed by atoms with E-state index in [1.165, 1.54) is 7.11 Å². The van der Waals surface area contributed by atoms with Gasteiger partial charge in [-0.05, 0) is 11.5 Å². The van der Waals surface area contributed by atoms with E-state index in [0.717, 1.165) is 12.1 Å². The Hall–Kier alpha value is -2.02. The molecule has 2 rings (SSSR count). The van der Waals surface area contributed by atoms with Crippen LogP contribution in [-0.4, -0.2) is 17.3 Å². The van der Waals surface area contributed by atoms with E-state index in [2.05, 4.69) is 10.1 Å². The van der Waals surface area contributed by atoms with Gasteiger partial charge in [0.05, 0.1) is 5.56 Å². The van der Waals surface area contributed by atoms with Gasteiger partial charge in [0.15, 0.2) is 11.6 Å². The topological polar surface area (TPSA) is 74.2 Å². The van der Waals surface area contributed by atoms with Crippen LogP contribution in [0.1, 0.15) is 32.7 Å². The molecule has 0 radical (unpaired) electrons. The van der Waals surface area contributed by atoms with E-state index in [1.807, 2.05) is 20.8 Å². The number of methoxy groups -OCH3 is 1. The number of benzene rings is 1. The first-order valence-corrected chi connectivity index (χ1v) is 6.35. The van der Waals surface area contributed by atoms with Gasteiger partial charge < -0.3 is 15.0 Å². The summed E-state index contributed by atoms with van der Waals surface area (Å²) in [5, 5.41) is 3.84. The van der Waals surface area contributed by atoms with E-state index >= 15 is 0 Å². The first-order valence-electron chi connectivity index (χ1n) is 6.35. The number of anilines is 1. The molecule has 21 heavy (non-hydrogen) atoms. The van der Waals surface area contributed by atoms with Gasteiger partial charge in [0, 0.05) is 18.9 Å². The van der Waals surface area contributed by atoms with Gasteiger partial charge in [-0.3, -0.25) is 0 Å². The van der Waals surface area contributed by atoms with Crippen molar-refractivity contribution in [3.05, 3.63) is 29.6 Å². The predicted molar refractivity (Wildman–Crippen MR) is 73.3 cm³/mol. The van der Waals surface area contributed by atoms with E-state index in [0.29, 0.717) is 5.82 Å². The normalized spacial score (nSPS) is 13.4. The molecule has 0 amide bonds. The Kier molecular flexibility index (Phi) is 3.95. The van der Waals surface area contributed by atoms with Crippen molar-refractivity contribution in [1.29, 1.82) is 0 Å². The number of ether oxygens (including phenoxy) is 1. The molecule has 1 atom stereocenters. The maximum atomic E-state index is 13.3. The standard InChI is InChI=1S/C14H17F2N3O2/c1-14(2,3)11(20-4)12-18-13(21-19-12)7-5-8(15)9(16)6-10(7)17/h5-6,11H,17H2,1-4H3. The Labute approximate surface area is 121 Å². The van der Waals surface area contributed by atoms with E-state index in [-0.39, 0.29) is 22.6 Å². The fraction of sp³-hybridized carbons (Fsp3) is 0.429. The van der Waals surface area contributed by atoms with Crippen LogP contribution in [0.2, 0.25) is 0 Å². The van der Waals surface area contributed by atoms with Crippen molar-refractivity contribution < 1.29 is 18.0 Å². The number of nitrogen functional groups attached to an aromatic ring is 1. The van der Waals surface area contributed by atoms with Crippen molar-refractivity contribution in [2.45, 2.75) is 26.9 Å². The van der Waals surface area contributed by atoms with Crippen LogP contribution in [0.4, 0.5) is 14.5 Å². The highest BCUT2D eigenvalue weighted by atomic mass is 19.2. The van der Waals surface area contributed by atoms with Crippen LogP contribution in [-0.2, 0) is 4.74 Å². The summed E-state index contributed by atoms with van der Waals surface area (Å²) >= 11 is 0. The molecular weight excluding hydrogens is 280 g/mol. The second-order valence-electron chi connectivity index (χ2n) is 5.79. The van der Waals surface area contributed by atoms with E-state index < -0.39 is 17.7 Å². The van der Waals surface area contributed by atoms with Gasteiger partial charge >= 0.3 is 0 Å². The predicted octanol–water partition coefficient (Wildman–Crippen LogP) is 3.33. The minimum Gasteiger partial charge on any atom is -0.398 e. The van der Waals surface area contributed by atoms with Crippen LogP contribution < -0.4 is 5.73 Å². The molecule has 0 saturated heterocycles. The Bertz CT molecular complexity index is 650. The Morgan fingerprint density at radius 1 is 1.24 bits per heavy atom. The molecular formula is C14H17F2N3O2. The van der Waals surface area contributed by atoms with E-state index in [1.54, 1.807) is 0 Å². The highest BCUT2D eigenvalue weighted by Gasteiger charge is 2.31. The second kappa shape index (κ2) is 5.40. The molecule has 114 valence electrons. The smallest absolute Gasteiger partial charge is 0.260 e. The lowest BCUT2D eigenvalue weighted by molar-refractivity contribution is 0.00718. The number of nitrogens with two attached hydrogens (primary N) is 1. The maximum absolute atomic E-state index is 13.3. The van der Waals surface area contributed by atoms with Crippen LogP contribution in [0, 0.1) is 17.0 Å². The monoisotopic (exact) mass is 297 g/mol. The highest BCUT2D eigenvalue weighted by molar-refractivity contribution is 5.70. The summed E-state index contributed by atoms with van der Waals surface area (Å²) in [6.45, 7) is 5.88. The minimum atomic E-state index is -1.03. The third-order valence-electron chi connectivity index (χ3n) is 3.02. The summed E-state index contributed by atoms with van der Waals surface area (Å²) in [5.74, 6) is -1.71. The molecule has 0 aliphatic heterocycles. The first kappa shape index (κ1) is 15.4. The van der Waals surface area contributed by atoms with Crippen LogP contribution in [0.3, 0.4) is 0 Å². The largest absolute Gasteiger partial charge is 0.398 e. The van der Waals surface area contributed by atoms with Gasteiger partial charge in [-0.25, -0.2) is 8.78 Å². The average Bonchev–Trinajstić information content (AvgIpc) is 2.82. The zero-order valence-corrected chi connectivity index (χ0v) is 12.3. The summed E-state index contributed by atoms with van der Waals surface area (Å²) in [6.07, 6.45) is -0.401. The summed E-state index contributed by atoms with van der Waals surface area (Å²) in [5.41, 5.74) is 5.58. The number of aromatic nitrogens is 2. The van der Waals surface area contributed by atoms with Crippen molar-refractivity contribution in [3.8, 4) is 11.5 Å². The van der Waals surface area contributed by atoms with Gasteiger partial charge in [-0.2, -0.15) is 4.98 Å². The molecule has 5 nitrogen and oxygen atoms in total. The summed E-state index contributed by atoms with van der Waals surface area (Å²) in [6, 6.07) is 1.81. The molecule has 0 aliphatic carbocycles. The van der Waals surface area contributed by atoms with Crippen LogP contribution >= 0.6 is 0 Å². The van der Waals surface area contributed by atoms with Crippen LogP contribution in [0.15, 0.2) is 16.7 Å². The fourth-order valence-electron chi connectivity index (χ4n) is 2.04. The highest BCUT2D eigenvalue weighted by Crippen LogP contribution is 2.35. The lowest BCUT2D eigenvalue weighted by Crippen LogP contribution is -2.21. The molecule has 2 N–H and O–H groups in total. The van der Waals surface area contributed by atoms with Gasteiger partial charge in [0.2, 0.25) is 5.82 Å². The van der Waals surface area contributed by atoms with Crippen molar-refractivity contribution in [2.75, 3.05) is 12.8 Å². The molecule has 1 aromatic heterocycles. The molecule has 1 aromatic carbocycles. The number of nitrogens with zero attached hydrogens (tertiary/aromatic N) is 2. The van der Waals surface area contributed by atoms with Crippen molar-refractivity contribution >= 4 is 5.69 Å². The van der Waals surface area contributed by atoms with Crippen molar-refractivity contribution in [3.63, 3.8) is 0 Å². The summed E-state index contributed by atoms with van der Waals surface area (Å²) in [4.78, 5) is 4.18. The molecule has 0 saturated carbocycles. The Balaban J connectivity index is 2.43. The second-order valence-corrected chi connectivity index (χ2v) is 5.79. The summed E-state index contributed by atoms with van der Waals surface area (Å²) < 4.78 is 36.9. The number of hydrogen-bond donors (Lipinski definition) is 1. The minimum absolute atomic E-state index is 0.0210. The molecule has 7 heteroatoms. The van der Waals surface area contributed by atoms with Gasteiger partial charge in [-0.1, -0.05) is 25.9 Å². The molecule has 0 spiro atoms. The third-order valence-corrected chi connectivity index (χ3v) is 3.02. The molecule has 2 aromatic rings. The quantitative estimate of drug-likeness (QED) is 0.880. The van der Waals surface area contributed by atoms with Crippen LogP contribution in [0.5, 0.6) is 0 Å².